The van der Waals surface area contributed by atoms with Crippen LogP contribution in [0.3, 0.4) is 0 Å². The maximum atomic E-state index is 7.66. The van der Waals surface area contributed by atoms with Gasteiger partial charge < -0.3 is 12.8 Å². The summed E-state index contributed by atoms with van der Waals surface area (Å²) in [4.78, 5) is 0. The summed E-state index contributed by atoms with van der Waals surface area (Å²) in [5.74, 6) is 5.25. The van der Waals surface area contributed by atoms with Crippen LogP contribution in [-0.4, -0.2) is 12.3 Å². The Balaban J connectivity index is 0.000000106. The molecule has 0 saturated heterocycles. The summed E-state index contributed by atoms with van der Waals surface area (Å²) in [5.41, 5.74) is 1.77. The molecule has 0 aliphatic carbocycles. The molecule has 73 heavy (non-hydrogen) atoms. The number of hydrogen-bond donors (Lipinski definition) is 0. The van der Waals surface area contributed by atoms with Gasteiger partial charge in [0.2, 0.25) is 0 Å². The molecule has 0 radical (unpaired) electrons. The van der Waals surface area contributed by atoms with Crippen LogP contribution in [0.15, 0.2) is 231 Å². The molecule has 0 saturated carbocycles. The van der Waals surface area contributed by atoms with E-state index in [4.69, 9.17) is 12.8 Å². The zero-order valence-corrected chi connectivity index (χ0v) is 43.9. The summed E-state index contributed by atoms with van der Waals surface area (Å²) in [6, 6.07) is 83.8. The maximum Gasteiger partial charge on any atom is 2.00 e. The molecular weight excluding hydrogens is 1100 g/mol. The van der Waals surface area contributed by atoms with Gasteiger partial charge in [0.05, 0.1) is 37.1 Å². The number of benzene rings is 14. The first-order valence-corrected chi connectivity index (χ1v) is 28.2. The third kappa shape index (κ3) is 7.28. The molecule has 0 nitrogen and oxygen atoms in total. The number of rotatable bonds is 7. The summed E-state index contributed by atoms with van der Waals surface area (Å²) >= 11 is 0. The third-order valence-electron chi connectivity index (χ3n) is 15.4. The van der Waals surface area contributed by atoms with E-state index in [0.717, 1.165) is 21.9 Å². The van der Waals surface area contributed by atoms with E-state index in [1.807, 2.05) is 0 Å². The van der Waals surface area contributed by atoms with Crippen molar-refractivity contribution in [2.45, 2.75) is 0 Å². The first kappa shape index (κ1) is 45.2. The fourth-order valence-corrected chi connectivity index (χ4v) is 18.5. The fraction of sp³-hybridized carbons (Fsp3) is 0.0286. The Labute approximate surface area is 441 Å². The Hall–Kier alpha value is -7.65. The second-order valence-corrected chi connectivity index (χ2v) is 24.4. The molecule has 3 heteroatoms. The molecule has 0 spiro atoms. The van der Waals surface area contributed by atoms with Gasteiger partial charge in [-0.2, -0.15) is 0 Å². The van der Waals surface area contributed by atoms with Gasteiger partial charge in [0.1, 0.15) is 12.3 Å². The predicted octanol–water partition coefficient (Wildman–Crippen LogP) is 16.1. The molecular formula is C70H44P2Pt+2. The standard InChI is InChI=1S/C26H24P2.2C22H9.Pt/c1-5-13-23(14-6-1)27(24-15-7-2-8-16-24)21-22-28(25-17-9-3-10-18-25)26-19-11-4-12-20-26;2*1-2-12-11-16-8-7-14-4-3-13-5-6-15-9-10-17(12)22-20(15)18(13)19(14)21(16)22;/h1-20H,21-22H2;2*3-11H;/q;2*-1;+2/p+2. The van der Waals surface area contributed by atoms with E-state index in [9.17, 15) is 0 Å². The van der Waals surface area contributed by atoms with Crippen molar-refractivity contribution in [3.63, 3.8) is 0 Å². The Morgan fingerprint density at radius 1 is 0.260 bits per heavy atom. The summed E-state index contributed by atoms with van der Waals surface area (Å²) in [5, 5.41) is 32.1. The van der Waals surface area contributed by atoms with Crippen molar-refractivity contribution in [2.75, 3.05) is 12.3 Å². The van der Waals surface area contributed by atoms with E-state index < -0.39 is 15.8 Å². The van der Waals surface area contributed by atoms with Crippen molar-refractivity contribution >= 4 is 145 Å². The van der Waals surface area contributed by atoms with Crippen LogP contribution in [0.25, 0.3) is 108 Å². The van der Waals surface area contributed by atoms with Gasteiger partial charge in [-0.25, -0.2) is 0 Å². The van der Waals surface area contributed by atoms with Gasteiger partial charge in [-0.1, -0.05) is 181 Å². The topological polar surface area (TPSA) is 0 Å². The van der Waals surface area contributed by atoms with E-state index in [2.05, 4.69) is 242 Å². The van der Waals surface area contributed by atoms with E-state index in [1.165, 1.54) is 130 Å². The van der Waals surface area contributed by atoms with Crippen molar-refractivity contribution < 1.29 is 21.1 Å². The first-order valence-electron chi connectivity index (χ1n) is 24.8. The maximum absolute atomic E-state index is 7.66. The molecule has 0 heterocycles. The van der Waals surface area contributed by atoms with Gasteiger partial charge >= 0.3 is 21.1 Å². The Morgan fingerprint density at radius 2 is 0.479 bits per heavy atom. The Bertz CT molecular complexity index is 4170. The average Bonchev–Trinajstić information content (AvgIpc) is 4.02. The molecule has 0 unspecified atom stereocenters. The first-order chi connectivity index (χ1) is 35.6. The molecule has 0 atom stereocenters. The quantitative estimate of drug-likeness (QED) is 0.0646. The van der Waals surface area contributed by atoms with Crippen LogP contribution < -0.4 is 21.2 Å². The summed E-state index contributed by atoms with van der Waals surface area (Å²) in [6.07, 6.45) is 17.8. The second kappa shape index (κ2) is 18.4. The SMILES string of the molecule is [C-]#Cc1cc2ccc3ccc4ccc5ccc1c1c5c4c3c21.[C-]#Cc1cc2ccc3ccc4ccc5ccc1c1c5c4c3c21.[Pt+2].c1ccc([PH+](CC[PH+](c2ccccc2)c2ccccc2)c2ccccc2)cc1. The van der Waals surface area contributed by atoms with Crippen molar-refractivity contribution in [2.24, 2.45) is 0 Å². The molecule has 0 bridgehead atoms. The molecule has 0 fully saturated rings. The van der Waals surface area contributed by atoms with E-state index in [0.29, 0.717) is 0 Å². The van der Waals surface area contributed by atoms with Crippen molar-refractivity contribution in [1.29, 1.82) is 0 Å². The Kier molecular flexibility index (Phi) is 11.4. The molecule has 0 aliphatic heterocycles. The molecule has 0 amide bonds. The zero-order chi connectivity index (χ0) is 47.9. The normalized spacial score (nSPS) is 11.8. The summed E-state index contributed by atoms with van der Waals surface area (Å²) in [7, 11) is -1.57. The molecule has 0 N–H and O–H groups in total. The van der Waals surface area contributed by atoms with E-state index in [-0.39, 0.29) is 21.1 Å². The van der Waals surface area contributed by atoms with Crippen LogP contribution in [0.5, 0.6) is 0 Å². The summed E-state index contributed by atoms with van der Waals surface area (Å²) in [6.45, 7) is 0. The summed E-state index contributed by atoms with van der Waals surface area (Å²) < 4.78 is 0. The van der Waals surface area contributed by atoms with Crippen LogP contribution in [0.4, 0.5) is 0 Å². The molecule has 0 aliphatic rings. The predicted molar refractivity (Wildman–Crippen MR) is 318 cm³/mol. The van der Waals surface area contributed by atoms with Crippen molar-refractivity contribution in [1.82, 2.24) is 0 Å². The van der Waals surface area contributed by atoms with Gasteiger partial charge in [-0.15, -0.1) is 23.3 Å². The molecule has 0 aromatic heterocycles. The van der Waals surface area contributed by atoms with Gasteiger partial charge in [-0.3, -0.25) is 11.8 Å². The third-order valence-corrected chi connectivity index (χ3v) is 21.5. The van der Waals surface area contributed by atoms with Crippen LogP contribution >= 0.6 is 15.8 Å². The van der Waals surface area contributed by atoms with Crippen LogP contribution in [0.2, 0.25) is 0 Å². The number of hydrogen-bond acceptors (Lipinski definition) is 0. The minimum Gasteiger partial charge on any atom is -0.366 e. The molecule has 16 rings (SSSR count). The van der Waals surface area contributed by atoms with Crippen LogP contribution in [-0.2, 0) is 21.1 Å². The smallest absolute Gasteiger partial charge is 0.366 e. The largest absolute Gasteiger partial charge is 2.00 e. The van der Waals surface area contributed by atoms with Crippen molar-refractivity contribution in [3.8, 4) is 11.8 Å². The van der Waals surface area contributed by atoms with Crippen LogP contribution in [0.1, 0.15) is 11.1 Å². The minimum absolute atomic E-state index is 0. The van der Waals surface area contributed by atoms with Crippen LogP contribution in [0, 0.1) is 24.7 Å². The second-order valence-electron chi connectivity index (χ2n) is 19.2. The molecule has 342 valence electrons. The van der Waals surface area contributed by atoms with Gasteiger partial charge in [-0.05, 0) is 145 Å². The van der Waals surface area contributed by atoms with Gasteiger partial charge in [0, 0.05) is 0 Å². The van der Waals surface area contributed by atoms with Gasteiger partial charge in [0.25, 0.3) is 0 Å². The monoisotopic (exact) mass is 1140 g/mol. The van der Waals surface area contributed by atoms with Gasteiger partial charge in [0.15, 0.2) is 0 Å². The average molecular weight is 1140 g/mol. The van der Waals surface area contributed by atoms with E-state index in [1.54, 1.807) is 0 Å². The Morgan fingerprint density at radius 3 is 0.740 bits per heavy atom. The fourth-order valence-electron chi connectivity index (χ4n) is 12.3. The zero-order valence-electron chi connectivity index (χ0n) is 39.7. The minimum atomic E-state index is -0.783. The molecule has 16 aromatic carbocycles. The van der Waals surface area contributed by atoms with E-state index >= 15 is 0 Å². The van der Waals surface area contributed by atoms with Crippen molar-refractivity contribution in [3.05, 3.63) is 254 Å². The molecule has 16 aromatic rings.